The average Bonchev–Trinajstić information content (AvgIpc) is 2.47. The molecule has 6 heteroatoms. The number of hydrogen-bond acceptors (Lipinski definition) is 5. The van der Waals surface area contributed by atoms with Crippen LogP contribution in [0.15, 0.2) is 18.2 Å². The molecule has 0 aliphatic carbocycles. The topological polar surface area (TPSA) is 79.8 Å². The van der Waals surface area contributed by atoms with Crippen LogP contribution in [0.1, 0.15) is 13.8 Å². The van der Waals surface area contributed by atoms with Crippen LogP contribution in [-0.2, 0) is 4.79 Å². The maximum Gasteiger partial charge on any atom is 0.238 e. The zero-order valence-electron chi connectivity index (χ0n) is 12.4. The Bertz CT molecular complexity index is 491. The van der Waals surface area contributed by atoms with Gasteiger partial charge in [0.1, 0.15) is 13.2 Å². The van der Waals surface area contributed by atoms with Gasteiger partial charge in [-0.05, 0) is 18.1 Å². The van der Waals surface area contributed by atoms with Crippen LogP contribution < -0.4 is 20.1 Å². The summed E-state index contributed by atoms with van der Waals surface area (Å²) in [6, 6.07) is 5.22. The van der Waals surface area contributed by atoms with Crippen LogP contribution in [0.3, 0.4) is 0 Å². The summed E-state index contributed by atoms with van der Waals surface area (Å²) in [7, 11) is 0. The first-order valence-corrected chi connectivity index (χ1v) is 7.14. The van der Waals surface area contributed by atoms with Gasteiger partial charge in [0.05, 0.1) is 13.2 Å². The van der Waals surface area contributed by atoms with Gasteiger partial charge in [-0.15, -0.1) is 0 Å². The number of amides is 1. The summed E-state index contributed by atoms with van der Waals surface area (Å²) in [5.74, 6) is 1.43. The van der Waals surface area contributed by atoms with Gasteiger partial charge in [-0.1, -0.05) is 13.8 Å². The van der Waals surface area contributed by atoms with Gasteiger partial charge in [0.15, 0.2) is 11.5 Å². The van der Waals surface area contributed by atoms with Crippen molar-refractivity contribution in [2.75, 3.05) is 31.7 Å². The number of aliphatic hydroxyl groups is 1. The summed E-state index contributed by atoms with van der Waals surface area (Å²) in [5, 5.41) is 15.0. The van der Waals surface area contributed by atoms with Crippen LogP contribution in [0.5, 0.6) is 11.5 Å². The SMILES string of the molecule is CC(C)[C@@H](CO)NCC(=O)Nc1ccc2c(c1)OCCO2. The molecule has 0 bridgehead atoms. The highest BCUT2D eigenvalue weighted by atomic mass is 16.6. The van der Waals surface area contributed by atoms with Crippen molar-refractivity contribution >= 4 is 11.6 Å². The van der Waals surface area contributed by atoms with Crippen LogP contribution in [-0.4, -0.2) is 43.4 Å². The predicted molar refractivity (Wildman–Crippen MR) is 79.8 cm³/mol. The van der Waals surface area contributed by atoms with Gasteiger partial charge >= 0.3 is 0 Å². The number of hydrogen-bond donors (Lipinski definition) is 3. The number of aliphatic hydroxyl groups excluding tert-OH is 1. The monoisotopic (exact) mass is 294 g/mol. The van der Waals surface area contributed by atoms with E-state index in [9.17, 15) is 9.90 Å². The first-order chi connectivity index (χ1) is 10.1. The number of ether oxygens (including phenoxy) is 2. The normalized spacial score (nSPS) is 14.9. The third-order valence-corrected chi connectivity index (χ3v) is 3.35. The van der Waals surface area contributed by atoms with Gasteiger partial charge in [0, 0.05) is 17.8 Å². The molecule has 116 valence electrons. The van der Waals surface area contributed by atoms with Crippen molar-refractivity contribution in [3.63, 3.8) is 0 Å². The Labute approximate surface area is 124 Å². The van der Waals surface area contributed by atoms with Gasteiger partial charge in [0.2, 0.25) is 5.91 Å². The third-order valence-electron chi connectivity index (χ3n) is 3.35. The number of carbonyl (C=O) groups is 1. The van der Waals surface area contributed by atoms with Gasteiger partial charge < -0.3 is 25.2 Å². The van der Waals surface area contributed by atoms with Gasteiger partial charge in [-0.3, -0.25) is 4.79 Å². The van der Waals surface area contributed by atoms with E-state index in [1.165, 1.54) is 0 Å². The van der Waals surface area contributed by atoms with Crippen LogP contribution in [0.2, 0.25) is 0 Å². The molecule has 21 heavy (non-hydrogen) atoms. The standard InChI is InChI=1S/C15H22N2O4/c1-10(2)12(9-18)16-8-15(19)17-11-3-4-13-14(7-11)21-6-5-20-13/h3-4,7,10,12,16,18H,5-6,8-9H2,1-2H3,(H,17,19)/t12-/m1/s1. The Morgan fingerprint density at radius 3 is 2.67 bits per heavy atom. The van der Waals surface area contributed by atoms with E-state index in [1.54, 1.807) is 18.2 Å². The Hall–Kier alpha value is -1.79. The molecule has 2 rings (SSSR count). The highest BCUT2D eigenvalue weighted by Gasteiger charge is 2.15. The minimum atomic E-state index is -0.161. The minimum absolute atomic E-state index is 0.00890. The molecule has 0 aromatic heterocycles. The smallest absolute Gasteiger partial charge is 0.238 e. The van der Waals surface area contributed by atoms with E-state index in [4.69, 9.17) is 9.47 Å². The fourth-order valence-corrected chi connectivity index (χ4v) is 2.06. The number of anilines is 1. The van der Waals surface area contributed by atoms with E-state index in [-0.39, 0.29) is 31.0 Å². The molecule has 0 spiro atoms. The lowest BCUT2D eigenvalue weighted by atomic mass is 10.1. The molecule has 6 nitrogen and oxygen atoms in total. The highest BCUT2D eigenvalue weighted by Crippen LogP contribution is 2.32. The molecule has 1 atom stereocenters. The van der Waals surface area contributed by atoms with E-state index in [2.05, 4.69) is 10.6 Å². The molecular weight excluding hydrogens is 272 g/mol. The molecule has 0 saturated heterocycles. The molecule has 1 aromatic carbocycles. The lowest BCUT2D eigenvalue weighted by Crippen LogP contribution is -2.41. The number of carbonyl (C=O) groups excluding carboxylic acids is 1. The molecule has 0 radical (unpaired) electrons. The van der Waals surface area contributed by atoms with Crippen molar-refractivity contribution in [2.24, 2.45) is 5.92 Å². The summed E-state index contributed by atoms with van der Waals surface area (Å²) in [4.78, 5) is 11.9. The molecule has 1 amide bonds. The van der Waals surface area contributed by atoms with Crippen molar-refractivity contribution in [3.8, 4) is 11.5 Å². The second-order valence-electron chi connectivity index (χ2n) is 5.32. The molecule has 1 heterocycles. The summed E-state index contributed by atoms with van der Waals surface area (Å²) in [6.45, 7) is 5.20. The zero-order chi connectivity index (χ0) is 15.2. The van der Waals surface area contributed by atoms with Gasteiger partial charge in [-0.2, -0.15) is 0 Å². The summed E-state index contributed by atoms with van der Waals surface area (Å²) in [6.07, 6.45) is 0. The summed E-state index contributed by atoms with van der Waals surface area (Å²) in [5.41, 5.74) is 0.663. The largest absolute Gasteiger partial charge is 0.486 e. The predicted octanol–water partition coefficient (Wildman–Crippen LogP) is 1.00. The van der Waals surface area contributed by atoms with E-state index in [1.807, 2.05) is 13.8 Å². The highest BCUT2D eigenvalue weighted by molar-refractivity contribution is 5.92. The molecule has 1 aliphatic rings. The zero-order valence-corrected chi connectivity index (χ0v) is 12.4. The van der Waals surface area contributed by atoms with Crippen LogP contribution >= 0.6 is 0 Å². The molecular formula is C15H22N2O4. The minimum Gasteiger partial charge on any atom is -0.486 e. The second-order valence-corrected chi connectivity index (χ2v) is 5.32. The van der Waals surface area contributed by atoms with E-state index in [0.717, 1.165) is 0 Å². The first-order valence-electron chi connectivity index (χ1n) is 7.14. The lowest BCUT2D eigenvalue weighted by molar-refractivity contribution is -0.115. The maximum atomic E-state index is 11.9. The Kier molecular flexibility index (Phi) is 5.41. The number of nitrogens with one attached hydrogen (secondary N) is 2. The number of fused-ring (bicyclic) bond motifs is 1. The summed E-state index contributed by atoms with van der Waals surface area (Å²) >= 11 is 0. The molecule has 0 unspecified atom stereocenters. The lowest BCUT2D eigenvalue weighted by Gasteiger charge is -2.20. The van der Waals surface area contributed by atoms with Crippen LogP contribution in [0, 0.1) is 5.92 Å². The average molecular weight is 294 g/mol. The van der Waals surface area contributed by atoms with E-state index in [0.29, 0.717) is 30.4 Å². The van der Waals surface area contributed by atoms with Crippen molar-refractivity contribution in [2.45, 2.75) is 19.9 Å². The maximum absolute atomic E-state index is 11.9. The Balaban J connectivity index is 1.88. The molecule has 3 N–H and O–H groups in total. The van der Waals surface area contributed by atoms with Gasteiger partial charge in [-0.25, -0.2) is 0 Å². The van der Waals surface area contributed by atoms with Crippen LogP contribution in [0.25, 0.3) is 0 Å². The third kappa shape index (κ3) is 4.34. The Morgan fingerprint density at radius 2 is 2.00 bits per heavy atom. The summed E-state index contributed by atoms with van der Waals surface area (Å²) < 4.78 is 10.9. The fraction of sp³-hybridized carbons (Fsp3) is 0.533. The second kappa shape index (κ2) is 7.28. The van der Waals surface area contributed by atoms with Crippen molar-refractivity contribution < 1.29 is 19.4 Å². The van der Waals surface area contributed by atoms with Crippen LogP contribution in [0.4, 0.5) is 5.69 Å². The number of rotatable bonds is 6. The van der Waals surface area contributed by atoms with E-state index >= 15 is 0 Å². The van der Waals surface area contributed by atoms with Gasteiger partial charge in [0.25, 0.3) is 0 Å². The fourth-order valence-electron chi connectivity index (χ4n) is 2.06. The molecule has 0 fully saturated rings. The number of benzene rings is 1. The molecule has 1 aliphatic heterocycles. The van der Waals surface area contributed by atoms with Crippen molar-refractivity contribution in [3.05, 3.63) is 18.2 Å². The quantitative estimate of drug-likeness (QED) is 0.729. The molecule has 1 aromatic rings. The van der Waals surface area contributed by atoms with E-state index < -0.39 is 0 Å². The first kappa shape index (κ1) is 15.6. The van der Waals surface area contributed by atoms with Crippen molar-refractivity contribution in [1.29, 1.82) is 0 Å². The van der Waals surface area contributed by atoms with Crippen molar-refractivity contribution in [1.82, 2.24) is 5.32 Å². The molecule has 0 saturated carbocycles. The Morgan fingerprint density at radius 1 is 1.29 bits per heavy atom.